The zero-order valence-corrected chi connectivity index (χ0v) is 11.9. The molecule has 0 radical (unpaired) electrons. The van der Waals surface area contributed by atoms with Gasteiger partial charge >= 0.3 is 0 Å². The van der Waals surface area contributed by atoms with E-state index in [0.29, 0.717) is 0 Å². The molecular weight excluding hydrogens is 224 g/mol. The number of ether oxygens (including phenoxy) is 1. The summed E-state index contributed by atoms with van der Waals surface area (Å²) >= 11 is 0. The van der Waals surface area contributed by atoms with Gasteiger partial charge in [-0.15, -0.1) is 0 Å². The maximum Gasteiger partial charge on any atom is 0.125 e. The summed E-state index contributed by atoms with van der Waals surface area (Å²) in [5.74, 6) is 0.894. The molecule has 100 valence electrons. The summed E-state index contributed by atoms with van der Waals surface area (Å²) in [6.45, 7) is 7.71. The summed E-state index contributed by atoms with van der Waals surface area (Å²) in [6.07, 6.45) is 2.46. The van der Waals surface area contributed by atoms with Crippen molar-refractivity contribution in [1.82, 2.24) is 0 Å². The number of hydrogen-bond acceptors (Lipinski definition) is 3. The smallest absolute Gasteiger partial charge is 0.125 e. The van der Waals surface area contributed by atoms with Crippen LogP contribution in [-0.4, -0.2) is 19.2 Å². The molecule has 1 fully saturated rings. The summed E-state index contributed by atoms with van der Waals surface area (Å²) in [5.41, 5.74) is 8.69. The zero-order chi connectivity index (χ0) is 13.3. The van der Waals surface area contributed by atoms with E-state index in [1.807, 2.05) is 13.0 Å². The van der Waals surface area contributed by atoms with Crippen LogP contribution in [0.15, 0.2) is 18.2 Å². The lowest BCUT2D eigenvalue weighted by atomic mass is 9.98. The first-order valence-electron chi connectivity index (χ1n) is 6.67. The normalized spacial score (nSPS) is 19.9. The molecule has 1 heterocycles. The molecule has 2 rings (SSSR count). The van der Waals surface area contributed by atoms with E-state index in [1.54, 1.807) is 7.11 Å². The topological polar surface area (TPSA) is 38.5 Å². The summed E-state index contributed by atoms with van der Waals surface area (Å²) in [7, 11) is 1.71. The maximum absolute atomic E-state index is 6.14. The van der Waals surface area contributed by atoms with Gasteiger partial charge in [-0.2, -0.15) is 0 Å². The minimum absolute atomic E-state index is 0.0208. The van der Waals surface area contributed by atoms with Crippen molar-refractivity contribution in [3.63, 3.8) is 0 Å². The van der Waals surface area contributed by atoms with Crippen molar-refractivity contribution in [2.45, 2.75) is 45.2 Å². The molecule has 1 aromatic carbocycles. The molecule has 0 amide bonds. The Bertz CT molecular complexity index is 427. The van der Waals surface area contributed by atoms with E-state index in [-0.39, 0.29) is 11.6 Å². The maximum atomic E-state index is 6.14. The van der Waals surface area contributed by atoms with Crippen molar-refractivity contribution in [3.8, 4) is 5.75 Å². The first kappa shape index (κ1) is 13.2. The number of rotatable bonds is 3. The Morgan fingerprint density at radius 3 is 2.61 bits per heavy atom. The summed E-state index contributed by atoms with van der Waals surface area (Å²) < 4.78 is 5.47. The number of anilines is 1. The van der Waals surface area contributed by atoms with E-state index in [1.165, 1.54) is 18.5 Å². The molecule has 0 spiro atoms. The Labute approximate surface area is 110 Å². The monoisotopic (exact) mass is 248 g/mol. The fourth-order valence-electron chi connectivity index (χ4n) is 2.96. The molecule has 1 atom stereocenters. The van der Waals surface area contributed by atoms with Gasteiger partial charge in [0.1, 0.15) is 5.75 Å². The molecule has 18 heavy (non-hydrogen) atoms. The predicted octanol–water partition coefficient (Wildman–Crippen LogP) is 3.09. The number of methoxy groups -OCH3 is 1. The molecule has 1 aliphatic heterocycles. The van der Waals surface area contributed by atoms with E-state index < -0.39 is 0 Å². The van der Waals surface area contributed by atoms with Crippen molar-refractivity contribution < 1.29 is 4.74 Å². The highest BCUT2D eigenvalue weighted by Crippen LogP contribution is 2.40. The van der Waals surface area contributed by atoms with Crippen LogP contribution in [0.4, 0.5) is 5.69 Å². The van der Waals surface area contributed by atoms with Gasteiger partial charge in [0, 0.05) is 29.4 Å². The minimum atomic E-state index is -0.0208. The largest absolute Gasteiger partial charge is 0.496 e. The molecule has 0 bridgehead atoms. The lowest BCUT2D eigenvalue weighted by Crippen LogP contribution is -2.39. The highest BCUT2D eigenvalue weighted by atomic mass is 16.5. The van der Waals surface area contributed by atoms with Gasteiger partial charge < -0.3 is 15.4 Å². The quantitative estimate of drug-likeness (QED) is 0.893. The molecule has 2 N–H and O–H groups in total. The number of benzene rings is 1. The molecule has 0 saturated carbocycles. The molecule has 1 unspecified atom stereocenters. The molecule has 1 aromatic rings. The highest BCUT2D eigenvalue weighted by molar-refractivity contribution is 5.62. The van der Waals surface area contributed by atoms with Crippen LogP contribution in [0.2, 0.25) is 0 Å². The van der Waals surface area contributed by atoms with Crippen LogP contribution in [0.3, 0.4) is 0 Å². The third-order valence-corrected chi connectivity index (χ3v) is 3.91. The fourth-order valence-corrected chi connectivity index (χ4v) is 2.96. The van der Waals surface area contributed by atoms with E-state index >= 15 is 0 Å². The van der Waals surface area contributed by atoms with Gasteiger partial charge in [-0.1, -0.05) is 6.07 Å². The Balaban J connectivity index is 2.50. The van der Waals surface area contributed by atoms with Crippen molar-refractivity contribution in [1.29, 1.82) is 0 Å². The lowest BCUT2D eigenvalue weighted by molar-refractivity contribution is 0.406. The fraction of sp³-hybridized carbons (Fsp3) is 0.600. The molecule has 1 aliphatic rings. The van der Waals surface area contributed by atoms with Crippen LogP contribution in [-0.2, 0) is 0 Å². The Hall–Kier alpha value is -1.22. The van der Waals surface area contributed by atoms with Crippen molar-refractivity contribution >= 4 is 5.69 Å². The van der Waals surface area contributed by atoms with Crippen molar-refractivity contribution in [3.05, 3.63) is 23.8 Å². The van der Waals surface area contributed by atoms with Crippen LogP contribution in [0, 0.1) is 0 Å². The van der Waals surface area contributed by atoms with Crippen LogP contribution in [0.5, 0.6) is 5.75 Å². The van der Waals surface area contributed by atoms with Crippen LogP contribution < -0.4 is 15.4 Å². The van der Waals surface area contributed by atoms with Crippen LogP contribution in [0.1, 0.15) is 45.2 Å². The third-order valence-electron chi connectivity index (χ3n) is 3.91. The third kappa shape index (κ3) is 2.19. The molecule has 1 saturated heterocycles. The first-order chi connectivity index (χ1) is 8.47. The standard InChI is InChI=1S/C15H24N2O/c1-11(16)14-12(7-5-8-13(14)18-4)17-10-6-9-15(17,2)3/h5,7-8,11H,6,9-10,16H2,1-4H3. The first-order valence-corrected chi connectivity index (χ1v) is 6.67. The number of nitrogens with two attached hydrogens (primary N) is 1. The van der Waals surface area contributed by atoms with Gasteiger partial charge in [-0.25, -0.2) is 0 Å². The van der Waals surface area contributed by atoms with E-state index in [0.717, 1.165) is 17.9 Å². The van der Waals surface area contributed by atoms with Gasteiger partial charge in [0.2, 0.25) is 0 Å². The summed E-state index contributed by atoms with van der Waals surface area (Å²) in [5, 5.41) is 0. The molecule has 0 aliphatic carbocycles. The van der Waals surface area contributed by atoms with Gasteiger partial charge in [0.15, 0.2) is 0 Å². The predicted molar refractivity (Wildman–Crippen MR) is 76.3 cm³/mol. The molecule has 0 aromatic heterocycles. The molecule has 3 nitrogen and oxygen atoms in total. The molecule has 3 heteroatoms. The minimum Gasteiger partial charge on any atom is -0.496 e. The Morgan fingerprint density at radius 2 is 2.11 bits per heavy atom. The zero-order valence-electron chi connectivity index (χ0n) is 11.9. The number of nitrogens with zero attached hydrogens (tertiary/aromatic N) is 1. The summed E-state index contributed by atoms with van der Waals surface area (Å²) in [6, 6.07) is 6.18. The SMILES string of the molecule is COc1cccc(N2CCCC2(C)C)c1C(C)N. The van der Waals surface area contributed by atoms with Crippen molar-refractivity contribution in [2.24, 2.45) is 5.73 Å². The van der Waals surface area contributed by atoms with Gasteiger partial charge in [0.05, 0.1) is 7.11 Å². The average Bonchev–Trinajstić information content (AvgIpc) is 2.67. The summed E-state index contributed by atoms with van der Waals surface area (Å²) in [4.78, 5) is 2.47. The highest BCUT2D eigenvalue weighted by Gasteiger charge is 2.34. The van der Waals surface area contributed by atoms with E-state index in [9.17, 15) is 0 Å². The van der Waals surface area contributed by atoms with Crippen molar-refractivity contribution in [2.75, 3.05) is 18.6 Å². The van der Waals surface area contributed by atoms with Gasteiger partial charge in [-0.3, -0.25) is 0 Å². The lowest BCUT2D eigenvalue weighted by Gasteiger charge is -2.36. The second-order valence-corrected chi connectivity index (χ2v) is 5.75. The van der Waals surface area contributed by atoms with Gasteiger partial charge in [0.25, 0.3) is 0 Å². The van der Waals surface area contributed by atoms with E-state index in [4.69, 9.17) is 10.5 Å². The Kier molecular flexibility index (Phi) is 3.53. The molecular formula is C15H24N2O. The second-order valence-electron chi connectivity index (χ2n) is 5.75. The van der Waals surface area contributed by atoms with Crippen LogP contribution in [0.25, 0.3) is 0 Å². The van der Waals surface area contributed by atoms with Crippen LogP contribution >= 0.6 is 0 Å². The van der Waals surface area contributed by atoms with E-state index in [2.05, 4.69) is 30.9 Å². The average molecular weight is 248 g/mol. The second kappa shape index (κ2) is 4.81. The van der Waals surface area contributed by atoms with Gasteiger partial charge in [-0.05, 0) is 45.7 Å². The number of hydrogen-bond donors (Lipinski definition) is 1. The Morgan fingerprint density at radius 1 is 1.39 bits per heavy atom.